The molecule has 134 valence electrons. The van der Waals surface area contributed by atoms with Gasteiger partial charge in [0.05, 0.1) is 6.61 Å². The first kappa shape index (κ1) is 17.4. The van der Waals surface area contributed by atoms with E-state index in [0.717, 1.165) is 5.52 Å². The van der Waals surface area contributed by atoms with Crippen molar-refractivity contribution in [1.82, 2.24) is 4.57 Å². The van der Waals surface area contributed by atoms with Gasteiger partial charge in [-0.3, -0.25) is 4.79 Å². The van der Waals surface area contributed by atoms with E-state index in [9.17, 15) is 14.7 Å². The van der Waals surface area contributed by atoms with Gasteiger partial charge in [0.2, 0.25) is 0 Å². The fraction of sp³-hybridized carbons (Fsp3) is 0.444. The number of nitrogens with zero attached hydrogens (tertiary/aromatic N) is 1. The molecule has 7 heteroatoms. The number of hydrogen-bond donors (Lipinski definition) is 1. The molecule has 1 aliphatic rings. The predicted octanol–water partition coefficient (Wildman–Crippen LogP) is 2.42. The van der Waals surface area contributed by atoms with Gasteiger partial charge in [0.25, 0.3) is 0 Å². The summed E-state index contributed by atoms with van der Waals surface area (Å²) >= 11 is 0. The second-order valence-electron chi connectivity index (χ2n) is 6.23. The fourth-order valence-electron chi connectivity index (χ4n) is 3.19. The second-order valence-corrected chi connectivity index (χ2v) is 6.23. The monoisotopic (exact) mass is 347 g/mol. The summed E-state index contributed by atoms with van der Waals surface area (Å²) in [6.07, 6.45) is -1.33. The number of carboxylic acids is 1. The van der Waals surface area contributed by atoms with Crippen LogP contribution in [0, 0.1) is 0 Å². The van der Waals surface area contributed by atoms with Crippen LogP contribution in [-0.4, -0.2) is 40.8 Å². The van der Waals surface area contributed by atoms with Gasteiger partial charge in [0.1, 0.15) is 11.1 Å². The first-order valence-electron chi connectivity index (χ1n) is 8.11. The van der Waals surface area contributed by atoms with E-state index >= 15 is 0 Å². The number of carboxylic acid groups (broad SMARTS) is 1. The van der Waals surface area contributed by atoms with E-state index in [-0.39, 0.29) is 6.61 Å². The highest BCUT2D eigenvalue weighted by atomic mass is 16.9. The highest BCUT2D eigenvalue weighted by molar-refractivity contribution is 5.99. The maximum Gasteiger partial charge on any atom is 0.354 e. The van der Waals surface area contributed by atoms with Crippen molar-refractivity contribution in [3.8, 4) is 0 Å². The van der Waals surface area contributed by atoms with E-state index in [4.69, 9.17) is 14.2 Å². The van der Waals surface area contributed by atoms with Crippen molar-refractivity contribution in [2.75, 3.05) is 6.61 Å². The molecule has 0 saturated carbocycles. The maximum atomic E-state index is 12.2. The smallest absolute Gasteiger partial charge is 0.354 e. The fourth-order valence-corrected chi connectivity index (χ4v) is 3.19. The van der Waals surface area contributed by atoms with Gasteiger partial charge in [-0.2, -0.15) is 0 Å². The lowest BCUT2D eigenvalue weighted by Gasteiger charge is -2.43. The van der Waals surface area contributed by atoms with Crippen LogP contribution < -0.4 is 0 Å². The topological polar surface area (TPSA) is 87.0 Å². The molecule has 0 bridgehead atoms. The number of carbonyl (C=O) groups is 2. The largest absolute Gasteiger partial charge is 0.480 e. The Bertz CT molecular complexity index is 835. The number of benzene rings is 1. The highest BCUT2D eigenvalue weighted by Crippen LogP contribution is 2.40. The molecule has 0 aliphatic carbocycles. The Hall–Kier alpha value is -2.38. The SMILES string of the molecule is CCOC(=O)c1cc2c(C(C)(C(=O)O)C3OC(C)O3)cccc2n1C. The molecule has 3 rings (SSSR count). The number of aryl methyl sites for hydroxylation is 1. The van der Waals surface area contributed by atoms with Crippen molar-refractivity contribution >= 4 is 22.8 Å². The summed E-state index contributed by atoms with van der Waals surface area (Å²) in [4.78, 5) is 24.2. The number of hydrogen-bond acceptors (Lipinski definition) is 5. The Morgan fingerprint density at radius 3 is 2.60 bits per heavy atom. The second kappa shape index (κ2) is 6.16. The molecular formula is C18H21NO6. The zero-order chi connectivity index (χ0) is 18.4. The predicted molar refractivity (Wildman–Crippen MR) is 89.3 cm³/mol. The van der Waals surface area contributed by atoms with E-state index in [0.29, 0.717) is 16.6 Å². The van der Waals surface area contributed by atoms with E-state index in [2.05, 4.69) is 0 Å². The zero-order valence-corrected chi connectivity index (χ0v) is 14.6. The molecule has 2 aromatic rings. The third-order valence-electron chi connectivity index (χ3n) is 4.68. The number of carbonyl (C=O) groups excluding carboxylic acids is 1. The molecule has 1 fully saturated rings. The van der Waals surface area contributed by atoms with Crippen molar-refractivity contribution in [3.05, 3.63) is 35.5 Å². The van der Waals surface area contributed by atoms with Gasteiger partial charge in [-0.15, -0.1) is 0 Å². The van der Waals surface area contributed by atoms with Crippen LogP contribution in [0.1, 0.15) is 36.8 Å². The molecule has 1 aliphatic heterocycles. The van der Waals surface area contributed by atoms with Crippen LogP contribution in [0.2, 0.25) is 0 Å². The minimum atomic E-state index is -1.40. The van der Waals surface area contributed by atoms with Gasteiger partial charge < -0.3 is 23.9 Å². The van der Waals surface area contributed by atoms with Crippen LogP contribution in [0.25, 0.3) is 10.9 Å². The highest BCUT2D eigenvalue weighted by Gasteiger charge is 2.51. The third-order valence-corrected chi connectivity index (χ3v) is 4.68. The lowest BCUT2D eigenvalue weighted by Crippen LogP contribution is -2.55. The number of aliphatic carboxylic acids is 1. The van der Waals surface area contributed by atoms with E-state index in [1.165, 1.54) is 0 Å². The van der Waals surface area contributed by atoms with Crippen LogP contribution >= 0.6 is 0 Å². The summed E-state index contributed by atoms with van der Waals surface area (Å²) in [6, 6.07) is 6.97. The lowest BCUT2D eigenvalue weighted by atomic mass is 9.79. The first-order chi connectivity index (χ1) is 11.8. The van der Waals surface area contributed by atoms with E-state index < -0.39 is 29.9 Å². The third kappa shape index (κ3) is 2.60. The van der Waals surface area contributed by atoms with Crippen LogP contribution in [0.5, 0.6) is 0 Å². The number of rotatable bonds is 5. The van der Waals surface area contributed by atoms with Crippen molar-refractivity contribution < 1.29 is 28.9 Å². The van der Waals surface area contributed by atoms with Gasteiger partial charge in [-0.1, -0.05) is 12.1 Å². The Morgan fingerprint density at radius 1 is 1.36 bits per heavy atom. The molecule has 0 amide bonds. The van der Waals surface area contributed by atoms with Crippen molar-refractivity contribution in [3.63, 3.8) is 0 Å². The lowest BCUT2D eigenvalue weighted by molar-refractivity contribution is -0.392. The molecule has 1 aromatic heterocycles. The van der Waals surface area contributed by atoms with Crippen LogP contribution in [0.4, 0.5) is 0 Å². The molecule has 1 saturated heterocycles. The summed E-state index contributed by atoms with van der Waals surface area (Å²) in [5, 5.41) is 10.5. The molecular weight excluding hydrogens is 326 g/mol. The van der Waals surface area contributed by atoms with Crippen molar-refractivity contribution in [2.24, 2.45) is 7.05 Å². The zero-order valence-electron chi connectivity index (χ0n) is 14.6. The van der Waals surface area contributed by atoms with Gasteiger partial charge in [-0.05, 0) is 38.5 Å². The Kier molecular flexibility index (Phi) is 4.30. The normalized spacial score (nSPS) is 22.2. The van der Waals surface area contributed by atoms with Crippen LogP contribution in [-0.2, 0) is 31.5 Å². The number of fused-ring (bicyclic) bond motifs is 1. The molecule has 0 radical (unpaired) electrons. The maximum absolute atomic E-state index is 12.2. The van der Waals surface area contributed by atoms with Gasteiger partial charge in [0.15, 0.2) is 12.6 Å². The Morgan fingerprint density at radius 2 is 2.04 bits per heavy atom. The van der Waals surface area contributed by atoms with Crippen molar-refractivity contribution in [1.29, 1.82) is 0 Å². The standard InChI is InChI=1S/C18H21NO6/c1-5-23-15(20)14-9-11-12(7-6-8-13(11)19(14)4)18(3,16(21)22)17-24-10(2)25-17/h6-10,17H,5H2,1-4H3,(H,21,22). The number of esters is 1. The Balaban J connectivity index is 2.17. The quantitative estimate of drug-likeness (QED) is 0.836. The summed E-state index contributed by atoms with van der Waals surface area (Å²) in [5.41, 5.74) is 0.223. The molecule has 1 aromatic carbocycles. The van der Waals surface area contributed by atoms with Gasteiger partial charge in [0, 0.05) is 18.0 Å². The van der Waals surface area contributed by atoms with E-state index in [1.54, 1.807) is 50.6 Å². The van der Waals surface area contributed by atoms with Gasteiger partial charge in [-0.25, -0.2) is 4.79 Å². The molecule has 0 spiro atoms. The first-order valence-corrected chi connectivity index (χ1v) is 8.11. The number of ether oxygens (including phenoxy) is 3. The molecule has 1 atom stereocenters. The average Bonchev–Trinajstić information content (AvgIpc) is 2.88. The van der Waals surface area contributed by atoms with Crippen LogP contribution in [0.15, 0.2) is 24.3 Å². The summed E-state index contributed by atoms with van der Waals surface area (Å²) in [5.74, 6) is -1.51. The minimum absolute atomic E-state index is 0.266. The molecule has 1 N–H and O–H groups in total. The average molecular weight is 347 g/mol. The summed E-state index contributed by atoms with van der Waals surface area (Å²) < 4.78 is 17.8. The Labute approximate surface area is 145 Å². The summed E-state index contributed by atoms with van der Waals surface area (Å²) in [7, 11) is 1.74. The molecule has 25 heavy (non-hydrogen) atoms. The molecule has 7 nitrogen and oxygen atoms in total. The van der Waals surface area contributed by atoms with Gasteiger partial charge >= 0.3 is 11.9 Å². The molecule has 2 heterocycles. The van der Waals surface area contributed by atoms with Crippen LogP contribution in [0.3, 0.4) is 0 Å². The number of aromatic nitrogens is 1. The minimum Gasteiger partial charge on any atom is -0.480 e. The van der Waals surface area contributed by atoms with E-state index in [1.807, 2.05) is 6.07 Å². The molecule has 1 unspecified atom stereocenters. The van der Waals surface area contributed by atoms with Crippen molar-refractivity contribution in [2.45, 2.75) is 38.8 Å². The summed E-state index contributed by atoms with van der Waals surface area (Å²) in [6.45, 7) is 5.28.